The molecule has 2 rings (SSSR count). The molecule has 1 aliphatic heterocycles. The molecule has 1 aromatic rings. The van der Waals surface area contributed by atoms with Crippen LogP contribution in [-0.4, -0.2) is 30.0 Å². The molecule has 0 amide bonds. The first-order valence-corrected chi connectivity index (χ1v) is 7.19. The SMILES string of the molecule is Cc1cc(N)ccc1C=C(CO)B1OC(C)(C)C(C)(C)O1. The summed E-state index contributed by atoms with van der Waals surface area (Å²) in [5.41, 5.74) is 8.43. The largest absolute Gasteiger partial charge is 0.492 e. The van der Waals surface area contributed by atoms with Crippen LogP contribution in [0.25, 0.3) is 6.08 Å². The Labute approximate surface area is 127 Å². The molecule has 0 saturated carbocycles. The highest BCUT2D eigenvalue weighted by molar-refractivity contribution is 6.55. The third kappa shape index (κ3) is 3.15. The first kappa shape index (κ1) is 16.1. The summed E-state index contributed by atoms with van der Waals surface area (Å²) in [6.45, 7) is 9.86. The first-order chi connectivity index (χ1) is 9.66. The summed E-state index contributed by atoms with van der Waals surface area (Å²) in [6, 6.07) is 5.69. The van der Waals surface area contributed by atoms with Gasteiger partial charge in [-0.25, -0.2) is 0 Å². The Kier molecular flexibility index (Phi) is 4.20. The van der Waals surface area contributed by atoms with E-state index in [2.05, 4.69) is 0 Å². The van der Waals surface area contributed by atoms with E-state index in [0.29, 0.717) is 5.47 Å². The third-order valence-corrected chi connectivity index (χ3v) is 4.37. The lowest BCUT2D eigenvalue weighted by Crippen LogP contribution is -2.41. The Bertz CT molecular complexity index is 551. The molecule has 1 fully saturated rings. The van der Waals surface area contributed by atoms with Crippen LogP contribution in [0.2, 0.25) is 0 Å². The number of nitrogens with two attached hydrogens (primary N) is 1. The minimum Gasteiger partial charge on any atom is -0.400 e. The van der Waals surface area contributed by atoms with E-state index in [4.69, 9.17) is 15.0 Å². The third-order valence-electron chi connectivity index (χ3n) is 4.37. The van der Waals surface area contributed by atoms with Crippen LogP contribution in [-0.2, 0) is 9.31 Å². The Hall–Kier alpha value is -1.30. The van der Waals surface area contributed by atoms with Crippen LogP contribution in [0.5, 0.6) is 0 Å². The van der Waals surface area contributed by atoms with Crippen molar-refractivity contribution >= 4 is 18.9 Å². The monoisotopic (exact) mass is 289 g/mol. The molecule has 0 bridgehead atoms. The molecule has 21 heavy (non-hydrogen) atoms. The van der Waals surface area contributed by atoms with Gasteiger partial charge in [0.1, 0.15) is 0 Å². The van der Waals surface area contributed by atoms with Crippen molar-refractivity contribution < 1.29 is 14.4 Å². The lowest BCUT2D eigenvalue weighted by atomic mass is 9.77. The van der Waals surface area contributed by atoms with Crippen molar-refractivity contribution in [1.29, 1.82) is 0 Å². The van der Waals surface area contributed by atoms with Crippen molar-refractivity contribution in [2.24, 2.45) is 0 Å². The molecule has 5 heteroatoms. The molecular formula is C16H24BNO3. The summed E-state index contributed by atoms with van der Waals surface area (Å²) >= 11 is 0. The Morgan fingerprint density at radius 2 is 1.81 bits per heavy atom. The van der Waals surface area contributed by atoms with Crippen LogP contribution >= 0.6 is 0 Å². The summed E-state index contributed by atoms with van der Waals surface area (Å²) in [6.07, 6.45) is 1.91. The van der Waals surface area contributed by atoms with E-state index >= 15 is 0 Å². The number of anilines is 1. The molecule has 0 aliphatic carbocycles. The minimum absolute atomic E-state index is 0.110. The lowest BCUT2D eigenvalue weighted by Gasteiger charge is -2.32. The molecular weight excluding hydrogens is 265 g/mol. The van der Waals surface area contributed by atoms with Crippen molar-refractivity contribution in [2.75, 3.05) is 12.3 Å². The molecule has 0 radical (unpaired) electrons. The van der Waals surface area contributed by atoms with Crippen molar-refractivity contribution in [3.05, 3.63) is 34.8 Å². The van der Waals surface area contributed by atoms with Gasteiger partial charge in [0.25, 0.3) is 0 Å². The van der Waals surface area contributed by atoms with E-state index in [1.165, 1.54) is 0 Å². The maximum absolute atomic E-state index is 9.68. The van der Waals surface area contributed by atoms with Gasteiger partial charge in [0.15, 0.2) is 0 Å². The van der Waals surface area contributed by atoms with Gasteiger partial charge in [-0.1, -0.05) is 12.1 Å². The van der Waals surface area contributed by atoms with Crippen LogP contribution in [0.1, 0.15) is 38.8 Å². The smallest absolute Gasteiger partial charge is 0.400 e. The average molecular weight is 289 g/mol. The molecule has 1 aliphatic rings. The number of aliphatic hydroxyl groups excluding tert-OH is 1. The predicted molar refractivity (Wildman–Crippen MR) is 86.7 cm³/mol. The minimum atomic E-state index is -0.531. The van der Waals surface area contributed by atoms with Gasteiger partial charge in [0.2, 0.25) is 0 Å². The van der Waals surface area contributed by atoms with Gasteiger partial charge in [-0.15, -0.1) is 0 Å². The zero-order valence-electron chi connectivity index (χ0n) is 13.4. The maximum atomic E-state index is 9.68. The summed E-state index contributed by atoms with van der Waals surface area (Å²) in [5, 5.41) is 9.68. The number of hydrogen-bond donors (Lipinski definition) is 2. The fourth-order valence-corrected chi connectivity index (χ4v) is 2.24. The predicted octanol–water partition coefficient (Wildman–Crippen LogP) is 2.58. The summed E-state index contributed by atoms with van der Waals surface area (Å²) in [4.78, 5) is 0. The highest BCUT2D eigenvalue weighted by atomic mass is 16.7. The van der Waals surface area contributed by atoms with Gasteiger partial charge in [0.05, 0.1) is 17.8 Å². The van der Waals surface area contributed by atoms with E-state index < -0.39 is 18.3 Å². The molecule has 0 spiro atoms. The lowest BCUT2D eigenvalue weighted by molar-refractivity contribution is 0.00578. The fourth-order valence-electron chi connectivity index (χ4n) is 2.24. The Morgan fingerprint density at radius 3 is 2.29 bits per heavy atom. The highest BCUT2D eigenvalue weighted by Gasteiger charge is 2.52. The molecule has 0 unspecified atom stereocenters. The van der Waals surface area contributed by atoms with E-state index in [1.54, 1.807) is 0 Å². The van der Waals surface area contributed by atoms with Gasteiger partial charge >= 0.3 is 7.12 Å². The zero-order valence-corrected chi connectivity index (χ0v) is 13.4. The van der Waals surface area contributed by atoms with Crippen molar-refractivity contribution in [3.8, 4) is 0 Å². The van der Waals surface area contributed by atoms with Crippen molar-refractivity contribution in [3.63, 3.8) is 0 Å². The molecule has 3 N–H and O–H groups in total. The summed E-state index contributed by atoms with van der Waals surface area (Å²) in [5.74, 6) is 0. The van der Waals surface area contributed by atoms with E-state index in [9.17, 15) is 5.11 Å². The molecule has 1 saturated heterocycles. The second-order valence-corrected chi connectivity index (χ2v) is 6.58. The molecule has 4 nitrogen and oxygen atoms in total. The van der Waals surface area contributed by atoms with Gasteiger partial charge in [-0.3, -0.25) is 0 Å². The summed E-state index contributed by atoms with van der Waals surface area (Å²) < 4.78 is 12.0. The van der Waals surface area contributed by atoms with Crippen LogP contribution in [0, 0.1) is 6.92 Å². The van der Waals surface area contributed by atoms with Crippen molar-refractivity contribution in [2.45, 2.75) is 45.8 Å². The van der Waals surface area contributed by atoms with Gasteiger partial charge < -0.3 is 20.1 Å². The first-order valence-electron chi connectivity index (χ1n) is 7.19. The van der Waals surface area contributed by atoms with Crippen LogP contribution in [0.3, 0.4) is 0 Å². The fraction of sp³-hybridized carbons (Fsp3) is 0.500. The molecule has 1 heterocycles. The standard InChI is InChI=1S/C16H24BNO3/c1-11-8-14(18)7-6-12(11)9-13(10-19)17-20-15(2,3)16(4,5)21-17/h6-9,19H,10,18H2,1-5H3. The zero-order chi connectivity index (χ0) is 15.8. The van der Waals surface area contributed by atoms with E-state index in [-0.39, 0.29) is 6.61 Å². The maximum Gasteiger partial charge on any atom is 0.492 e. The second-order valence-electron chi connectivity index (χ2n) is 6.58. The number of nitrogen functional groups attached to an aromatic ring is 1. The average Bonchev–Trinajstić information content (AvgIpc) is 2.57. The van der Waals surface area contributed by atoms with Crippen molar-refractivity contribution in [1.82, 2.24) is 0 Å². The Balaban J connectivity index is 2.31. The van der Waals surface area contributed by atoms with Gasteiger partial charge in [-0.2, -0.15) is 0 Å². The molecule has 0 atom stereocenters. The van der Waals surface area contributed by atoms with Crippen LogP contribution in [0.4, 0.5) is 5.69 Å². The number of rotatable bonds is 3. The van der Waals surface area contributed by atoms with E-state index in [0.717, 1.165) is 16.8 Å². The van der Waals surface area contributed by atoms with E-state index in [1.807, 2.05) is 58.9 Å². The molecule has 1 aromatic carbocycles. The summed E-state index contributed by atoms with van der Waals surface area (Å²) in [7, 11) is -0.531. The van der Waals surface area contributed by atoms with Gasteiger partial charge in [-0.05, 0) is 63.4 Å². The topological polar surface area (TPSA) is 64.7 Å². The Morgan fingerprint density at radius 1 is 1.24 bits per heavy atom. The number of benzene rings is 1. The second kappa shape index (κ2) is 5.48. The van der Waals surface area contributed by atoms with Crippen LogP contribution < -0.4 is 5.73 Å². The number of aryl methyl sites for hydroxylation is 1. The van der Waals surface area contributed by atoms with Gasteiger partial charge in [0, 0.05) is 5.69 Å². The molecule has 114 valence electrons. The normalized spacial score (nSPS) is 20.9. The highest BCUT2D eigenvalue weighted by Crippen LogP contribution is 2.38. The molecule has 0 aromatic heterocycles. The number of hydrogen-bond acceptors (Lipinski definition) is 4. The quantitative estimate of drug-likeness (QED) is 0.663. The van der Waals surface area contributed by atoms with Crippen LogP contribution in [0.15, 0.2) is 23.7 Å². The number of aliphatic hydroxyl groups is 1.